The number of imidazole rings is 1. The predicted molar refractivity (Wildman–Crippen MR) is 128 cm³/mol. The van der Waals surface area contributed by atoms with E-state index in [9.17, 15) is 15.3 Å². The molecule has 184 valence electrons. The topological polar surface area (TPSA) is 140 Å². The summed E-state index contributed by atoms with van der Waals surface area (Å²) < 4.78 is 2.06. The van der Waals surface area contributed by atoms with Crippen molar-refractivity contribution in [3.8, 4) is 11.4 Å². The Kier molecular flexibility index (Phi) is 8.41. The number of nitrogens with zero attached hydrogens (tertiary/aromatic N) is 5. The van der Waals surface area contributed by atoms with E-state index < -0.39 is 6.23 Å². The average molecular weight is 471 g/mol. The number of nitrogens with one attached hydrogen (secondary N) is 1. The van der Waals surface area contributed by atoms with Crippen molar-refractivity contribution in [1.29, 1.82) is 0 Å². The highest BCUT2D eigenvalue weighted by atomic mass is 16.5. The molecule has 0 bridgehead atoms. The van der Waals surface area contributed by atoms with Crippen molar-refractivity contribution < 1.29 is 20.5 Å². The smallest absolute Gasteiger partial charge is 0.166 e. The van der Waals surface area contributed by atoms with E-state index in [-0.39, 0.29) is 12.7 Å². The number of rotatable bonds is 11. The summed E-state index contributed by atoms with van der Waals surface area (Å²) in [7, 11) is 0. The fourth-order valence-corrected chi connectivity index (χ4v) is 4.37. The van der Waals surface area contributed by atoms with Crippen molar-refractivity contribution >= 4 is 17.0 Å². The minimum atomic E-state index is -0.869. The van der Waals surface area contributed by atoms with Gasteiger partial charge in [0.15, 0.2) is 22.8 Å². The molecule has 1 unspecified atom stereocenters. The van der Waals surface area contributed by atoms with Gasteiger partial charge in [-0.25, -0.2) is 15.0 Å². The molecule has 10 nitrogen and oxygen atoms in total. The van der Waals surface area contributed by atoms with E-state index in [1.54, 1.807) is 0 Å². The molecule has 1 saturated heterocycles. The molecule has 5 N–H and O–H groups in total. The van der Waals surface area contributed by atoms with Gasteiger partial charge in [0.2, 0.25) is 0 Å². The van der Waals surface area contributed by atoms with Gasteiger partial charge in [0.05, 0.1) is 19.0 Å². The summed E-state index contributed by atoms with van der Waals surface area (Å²) in [5.41, 5.74) is 5.04. The lowest BCUT2D eigenvalue weighted by molar-refractivity contribution is -0.00394. The molecule has 2 aromatic heterocycles. The van der Waals surface area contributed by atoms with Crippen LogP contribution in [0, 0.1) is 0 Å². The lowest BCUT2D eigenvalue weighted by atomic mass is 10.1. The zero-order chi connectivity index (χ0) is 23.9. The Balaban J connectivity index is 1.57. The van der Waals surface area contributed by atoms with Crippen molar-refractivity contribution in [1.82, 2.24) is 25.0 Å². The minimum Gasteiger partial charge on any atom is -0.393 e. The normalized spacial score (nSPS) is 15.8. The molecule has 4 rings (SSSR count). The fourth-order valence-electron chi connectivity index (χ4n) is 4.37. The van der Waals surface area contributed by atoms with E-state index in [1.165, 1.54) is 0 Å². The Hall–Kier alpha value is -2.63. The molecular weight excluding hydrogens is 436 g/mol. The first-order valence-corrected chi connectivity index (χ1v) is 12.0. The van der Waals surface area contributed by atoms with Crippen LogP contribution in [0.2, 0.25) is 0 Å². The summed E-state index contributed by atoms with van der Waals surface area (Å²) in [6.07, 6.45) is 6.30. The summed E-state index contributed by atoms with van der Waals surface area (Å²) in [5.74, 6) is 1.38. The van der Waals surface area contributed by atoms with Gasteiger partial charge in [-0.15, -0.1) is 0 Å². The molecule has 3 heterocycles. The van der Waals surface area contributed by atoms with Crippen LogP contribution in [0.25, 0.3) is 22.6 Å². The number of fused-ring (bicyclic) bond motifs is 1. The Labute approximate surface area is 198 Å². The molecule has 1 aliphatic rings. The number of hydroxylamine groups is 1. The molecule has 1 aromatic carbocycles. The number of anilines is 1. The van der Waals surface area contributed by atoms with Gasteiger partial charge < -0.3 is 30.0 Å². The van der Waals surface area contributed by atoms with E-state index in [0.29, 0.717) is 38.2 Å². The summed E-state index contributed by atoms with van der Waals surface area (Å²) >= 11 is 0. The molecule has 1 fully saturated rings. The van der Waals surface area contributed by atoms with Gasteiger partial charge in [-0.3, -0.25) is 0 Å². The van der Waals surface area contributed by atoms with Crippen molar-refractivity contribution in [3.63, 3.8) is 0 Å². The molecule has 1 aliphatic heterocycles. The number of piperidine rings is 1. The SMILES string of the molecule is OCc1cccc(-c2nc(N3CCC(O)CC3)c3ncn(CCCCCCC(O)NO)c3n2)c1. The van der Waals surface area contributed by atoms with Gasteiger partial charge >= 0.3 is 0 Å². The number of aromatic nitrogens is 4. The van der Waals surface area contributed by atoms with Crippen LogP contribution in [-0.2, 0) is 13.2 Å². The zero-order valence-electron chi connectivity index (χ0n) is 19.3. The third kappa shape index (κ3) is 5.89. The molecule has 0 aliphatic carbocycles. The molecule has 0 saturated carbocycles. The summed E-state index contributed by atoms with van der Waals surface area (Å²) in [6.45, 7) is 2.15. The van der Waals surface area contributed by atoms with Crippen LogP contribution in [0.1, 0.15) is 50.5 Å². The first-order valence-electron chi connectivity index (χ1n) is 12.0. The average Bonchev–Trinajstić information content (AvgIpc) is 3.28. The third-order valence-corrected chi connectivity index (χ3v) is 6.35. The molecule has 0 radical (unpaired) electrons. The molecular formula is C24H34N6O4. The molecule has 1 atom stereocenters. The second-order valence-corrected chi connectivity index (χ2v) is 8.91. The molecule has 10 heteroatoms. The third-order valence-electron chi connectivity index (χ3n) is 6.35. The number of hydrogen-bond donors (Lipinski definition) is 5. The maximum Gasteiger partial charge on any atom is 0.166 e. The van der Waals surface area contributed by atoms with Crippen LogP contribution in [0.3, 0.4) is 0 Å². The van der Waals surface area contributed by atoms with Gasteiger partial charge in [-0.2, -0.15) is 5.48 Å². The van der Waals surface area contributed by atoms with E-state index in [4.69, 9.17) is 15.2 Å². The van der Waals surface area contributed by atoms with E-state index in [2.05, 4.69) is 14.5 Å². The number of aliphatic hydroxyl groups excluding tert-OH is 3. The van der Waals surface area contributed by atoms with Crippen LogP contribution in [0.15, 0.2) is 30.6 Å². The predicted octanol–water partition coefficient (Wildman–Crippen LogP) is 2.19. The number of aliphatic hydroxyl groups is 3. The quantitative estimate of drug-likeness (QED) is 0.162. The van der Waals surface area contributed by atoms with Gasteiger partial charge in [-0.1, -0.05) is 31.0 Å². The van der Waals surface area contributed by atoms with Gasteiger partial charge in [0, 0.05) is 25.2 Å². The van der Waals surface area contributed by atoms with Crippen LogP contribution in [0.4, 0.5) is 5.82 Å². The Morgan fingerprint density at radius 1 is 1.09 bits per heavy atom. The summed E-state index contributed by atoms with van der Waals surface area (Å²) in [5, 5.41) is 37.6. The monoisotopic (exact) mass is 470 g/mol. The van der Waals surface area contributed by atoms with Crippen LogP contribution in [0.5, 0.6) is 0 Å². The van der Waals surface area contributed by atoms with Crippen LogP contribution < -0.4 is 10.4 Å². The maximum atomic E-state index is 9.95. The van der Waals surface area contributed by atoms with E-state index in [1.807, 2.05) is 36.1 Å². The zero-order valence-corrected chi connectivity index (χ0v) is 19.3. The fraction of sp³-hybridized carbons (Fsp3) is 0.542. The Morgan fingerprint density at radius 3 is 2.65 bits per heavy atom. The first kappa shape index (κ1) is 24.5. The molecule has 0 spiro atoms. The Bertz CT molecular complexity index is 1070. The molecule has 3 aromatic rings. The summed E-state index contributed by atoms with van der Waals surface area (Å²) in [6, 6.07) is 7.61. The molecule has 0 amide bonds. The van der Waals surface area contributed by atoms with Crippen LogP contribution in [-0.4, -0.2) is 65.5 Å². The van der Waals surface area contributed by atoms with Gasteiger partial charge in [-0.05, 0) is 43.7 Å². The van der Waals surface area contributed by atoms with E-state index >= 15 is 0 Å². The maximum absolute atomic E-state index is 9.95. The van der Waals surface area contributed by atoms with Gasteiger partial charge in [0.1, 0.15) is 6.23 Å². The standard InChI is InChI=1S/C24H34N6O4/c31-15-17-6-5-7-18(14-17)22-26-23(29-12-9-19(32)10-13-29)21-24(27-22)30(16-25-21)11-4-2-1-3-8-20(33)28-34/h5-7,14,16,19-20,28,31-34H,1-4,8-13,15H2. The highest BCUT2D eigenvalue weighted by Crippen LogP contribution is 2.29. The largest absolute Gasteiger partial charge is 0.393 e. The number of aryl methyl sites for hydroxylation is 1. The van der Waals surface area contributed by atoms with Crippen molar-refractivity contribution in [2.75, 3.05) is 18.0 Å². The summed E-state index contributed by atoms with van der Waals surface area (Å²) in [4.78, 5) is 16.6. The highest BCUT2D eigenvalue weighted by molar-refractivity contribution is 5.85. The van der Waals surface area contributed by atoms with Gasteiger partial charge in [0.25, 0.3) is 0 Å². The molecule has 34 heavy (non-hydrogen) atoms. The van der Waals surface area contributed by atoms with Crippen molar-refractivity contribution in [2.24, 2.45) is 0 Å². The lowest BCUT2D eigenvalue weighted by Crippen LogP contribution is -2.36. The van der Waals surface area contributed by atoms with Crippen LogP contribution >= 0.6 is 0 Å². The number of hydrogen-bond acceptors (Lipinski definition) is 9. The van der Waals surface area contributed by atoms with Crippen molar-refractivity contribution in [3.05, 3.63) is 36.2 Å². The van der Waals surface area contributed by atoms with Crippen molar-refractivity contribution in [2.45, 2.75) is 70.4 Å². The highest BCUT2D eigenvalue weighted by Gasteiger charge is 2.23. The second kappa shape index (κ2) is 11.7. The second-order valence-electron chi connectivity index (χ2n) is 8.91. The minimum absolute atomic E-state index is 0.0454. The lowest BCUT2D eigenvalue weighted by Gasteiger charge is -2.30. The van der Waals surface area contributed by atoms with E-state index in [0.717, 1.165) is 60.3 Å². The number of unbranched alkanes of at least 4 members (excludes halogenated alkanes) is 3. The number of benzene rings is 1. The Morgan fingerprint density at radius 2 is 1.88 bits per heavy atom. The first-order chi connectivity index (χ1) is 16.6.